The lowest BCUT2D eigenvalue weighted by Gasteiger charge is -2.12. The minimum Gasteiger partial charge on any atom is -0.391 e. The molecule has 0 spiro atoms. The van der Waals surface area contributed by atoms with E-state index >= 15 is 0 Å². The molecular weight excluding hydrogens is 210 g/mol. The Hall–Kier alpha value is -0.520. The van der Waals surface area contributed by atoms with Crippen molar-refractivity contribution in [2.24, 2.45) is 0 Å². The van der Waals surface area contributed by atoms with E-state index in [2.05, 4.69) is 10.4 Å². The maximum absolute atomic E-state index is 9.71. The third kappa shape index (κ3) is 1.68. The van der Waals surface area contributed by atoms with Crippen LogP contribution in [0.5, 0.6) is 0 Å². The van der Waals surface area contributed by atoms with Crippen molar-refractivity contribution in [1.82, 2.24) is 15.1 Å². The molecule has 5 heteroatoms. The van der Waals surface area contributed by atoms with Gasteiger partial charge in [0.1, 0.15) is 0 Å². The second kappa shape index (κ2) is 3.81. The highest BCUT2D eigenvalue weighted by Crippen LogP contribution is 2.30. The van der Waals surface area contributed by atoms with E-state index in [1.54, 1.807) is 0 Å². The van der Waals surface area contributed by atoms with Crippen molar-refractivity contribution in [1.29, 1.82) is 0 Å². The monoisotopic (exact) mass is 225 g/mol. The van der Waals surface area contributed by atoms with Gasteiger partial charge in [-0.05, 0) is 6.42 Å². The molecule has 1 aromatic heterocycles. The van der Waals surface area contributed by atoms with Crippen LogP contribution in [0, 0.1) is 0 Å². The fraction of sp³-hybridized carbons (Fsp3) is 0.700. The molecular formula is C10H15N3OS. The Morgan fingerprint density at radius 1 is 1.53 bits per heavy atom. The predicted molar refractivity (Wildman–Crippen MR) is 59.0 cm³/mol. The van der Waals surface area contributed by atoms with Crippen molar-refractivity contribution in [2.75, 3.05) is 12.3 Å². The summed E-state index contributed by atoms with van der Waals surface area (Å²) >= 11 is 1.84. The van der Waals surface area contributed by atoms with Crippen molar-refractivity contribution >= 4 is 11.8 Å². The summed E-state index contributed by atoms with van der Waals surface area (Å²) in [6.07, 6.45) is 1.66. The minimum absolute atomic E-state index is 0.229. The van der Waals surface area contributed by atoms with Gasteiger partial charge in [-0.15, -0.1) is 11.8 Å². The quantitative estimate of drug-likeness (QED) is 0.670. The lowest BCUT2D eigenvalue weighted by Crippen LogP contribution is -2.23. The Bertz CT molecular complexity index is 377. The molecule has 1 unspecified atom stereocenters. The van der Waals surface area contributed by atoms with Gasteiger partial charge >= 0.3 is 0 Å². The van der Waals surface area contributed by atoms with Gasteiger partial charge in [-0.25, -0.2) is 0 Å². The largest absolute Gasteiger partial charge is 0.391 e. The van der Waals surface area contributed by atoms with Gasteiger partial charge in [0.15, 0.2) is 0 Å². The third-order valence-electron chi connectivity index (χ3n) is 3.00. The van der Waals surface area contributed by atoms with Gasteiger partial charge in [-0.1, -0.05) is 0 Å². The topological polar surface area (TPSA) is 50.1 Å². The van der Waals surface area contributed by atoms with Crippen molar-refractivity contribution in [3.05, 3.63) is 11.3 Å². The molecule has 0 radical (unpaired) electrons. The molecule has 1 aromatic rings. The number of nitrogens with one attached hydrogen (secondary N) is 1. The van der Waals surface area contributed by atoms with Crippen LogP contribution in [0.4, 0.5) is 0 Å². The summed E-state index contributed by atoms with van der Waals surface area (Å²) in [6.45, 7) is 2.62. The van der Waals surface area contributed by atoms with Gasteiger partial charge in [0.25, 0.3) is 0 Å². The second-order valence-corrected chi connectivity index (χ2v) is 5.21. The summed E-state index contributed by atoms with van der Waals surface area (Å²) in [4.78, 5) is 0. The molecule has 0 bridgehead atoms. The Balaban J connectivity index is 2.01. The number of hydrogen-bond acceptors (Lipinski definition) is 4. The molecule has 15 heavy (non-hydrogen) atoms. The molecule has 3 heterocycles. The Kier molecular flexibility index (Phi) is 2.46. The number of rotatable bonds is 0. The highest BCUT2D eigenvalue weighted by atomic mass is 32.2. The summed E-state index contributed by atoms with van der Waals surface area (Å²) in [5.74, 6) is 0.999. The first-order valence-electron chi connectivity index (χ1n) is 5.45. The van der Waals surface area contributed by atoms with Crippen molar-refractivity contribution < 1.29 is 5.11 Å². The van der Waals surface area contributed by atoms with Crippen LogP contribution in [0.15, 0.2) is 5.03 Å². The number of aliphatic hydroxyl groups is 1. The molecule has 0 saturated heterocycles. The number of fused-ring (bicyclic) bond motifs is 3. The van der Waals surface area contributed by atoms with E-state index in [4.69, 9.17) is 0 Å². The van der Waals surface area contributed by atoms with Crippen LogP contribution in [0.1, 0.15) is 17.7 Å². The number of nitrogens with zero attached hydrogens (tertiary/aromatic N) is 2. The van der Waals surface area contributed by atoms with E-state index < -0.39 is 0 Å². The van der Waals surface area contributed by atoms with Gasteiger partial charge in [-0.2, -0.15) is 5.10 Å². The average Bonchev–Trinajstić information content (AvgIpc) is 2.46. The molecule has 2 aliphatic rings. The summed E-state index contributed by atoms with van der Waals surface area (Å²) in [6, 6.07) is 0. The zero-order valence-corrected chi connectivity index (χ0v) is 9.39. The summed E-state index contributed by atoms with van der Waals surface area (Å²) in [5, 5.41) is 19.0. The van der Waals surface area contributed by atoms with Crippen LogP contribution < -0.4 is 5.32 Å². The first-order chi connectivity index (χ1) is 7.34. The molecule has 1 atom stereocenters. The molecule has 0 aliphatic carbocycles. The van der Waals surface area contributed by atoms with Crippen molar-refractivity contribution in [3.8, 4) is 0 Å². The molecule has 0 amide bonds. The number of aromatic nitrogens is 2. The van der Waals surface area contributed by atoms with Gasteiger partial charge in [0.05, 0.1) is 23.4 Å². The Morgan fingerprint density at radius 2 is 2.47 bits per heavy atom. The van der Waals surface area contributed by atoms with Crippen molar-refractivity contribution in [3.63, 3.8) is 0 Å². The molecule has 2 aliphatic heterocycles. The zero-order chi connectivity index (χ0) is 10.3. The van der Waals surface area contributed by atoms with Gasteiger partial charge < -0.3 is 10.4 Å². The standard InChI is InChI=1S/C10H15N3OS/c14-7-2-4-15-10-8-5-11-3-1-9(8)12-13(10)6-7/h7,11,14H,1-6H2. The molecule has 4 nitrogen and oxygen atoms in total. The summed E-state index contributed by atoms with van der Waals surface area (Å²) in [5.41, 5.74) is 2.59. The Morgan fingerprint density at radius 3 is 3.40 bits per heavy atom. The van der Waals surface area contributed by atoms with E-state index in [9.17, 15) is 5.11 Å². The van der Waals surface area contributed by atoms with E-state index in [0.29, 0.717) is 6.54 Å². The maximum atomic E-state index is 9.71. The van der Waals surface area contributed by atoms with Gasteiger partial charge in [-0.3, -0.25) is 4.68 Å². The second-order valence-electron chi connectivity index (χ2n) is 4.13. The highest BCUT2D eigenvalue weighted by Gasteiger charge is 2.24. The van der Waals surface area contributed by atoms with Crippen molar-refractivity contribution in [2.45, 2.75) is 37.1 Å². The summed E-state index contributed by atoms with van der Waals surface area (Å²) in [7, 11) is 0. The van der Waals surface area contributed by atoms with E-state index in [0.717, 1.165) is 31.7 Å². The maximum Gasteiger partial charge on any atom is 0.0989 e. The first-order valence-corrected chi connectivity index (χ1v) is 6.43. The number of thioether (sulfide) groups is 1. The van der Waals surface area contributed by atoms with Gasteiger partial charge in [0.2, 0.25) is 0 Å². The van der Waals surface area contributed by atoms with Crippen LogP contribution >= 0.6 is 11.8 Å². The van der Waals surface area contributed by atoms with E-state index in [-0.39, 0.29) is 6.10 Å². The zero-order valence-electron chi connectivity index (χ0n) is 8.57. The highest BCUT2D eigenvalue weighted by molar-refractivity contribution is 7.99. The Labute approximate surface area is 93.0 Å². The molecule has 0 saturated carbocycles. The average molecular weight is 225 g/mol. The smallest absolute Gasteiger partial charge is 0.0989 e. The first kappa shape index (κ1) is 9.69. The lowest BCUT2D eigenvalue weighted by atomic mass is 10.1. The third-order valence-corrected chi connectivity index (χ3v) is 4.17. The predicted octanol–water partition coefficient (Wildman–Crippen LogP) is 0.385. The van der Waals surface area contributed by atoms with Gasteiger partial charge in [0, 0.05) is 30.8 Å². The SMILES string of the molecule is OC1CCSc2c3c(nn2C1)CCNC3. The fourth-order valence-electron chi connectivity index (χ4n) is 2.20. The lowest BCUT2D eigenvalue weighted by molar-refractivity contribution is 0.145. The molecule has 82 valence electrons. The number of aliphatic hydroxyl groups excluding tert-OH is 1. The van der Waals surface area contributed by atoms with Crippen LogP contribution in [0.2, 0.25) is 0 Å². The van der Waals surface area contributed by atoms with Crippen LogP contribution in [-0.2, 0) is 19.5 Å². The normalized spacial score (nSPS) is 25.5. The van der Waals surface area contributed by atoms with E-state index in [1.165, 1.54) is 16.3 Å². The molecule has 3 rings (SSSR count). The molecule has 0 aromatic carbocycles. The van der Waals surface area contributed by atoms with Crippen LogP contribution in [0.25, 0.3) is 0 Å². The fourth-order valence-corrected chi connectivity index (χ4v) is 3.41. The molecule has 2 N–H and O–H groups in total. The van der Waals surface area contributed by atoms with Crippen LogP contribution in [0.3, 0.4) is 0 Å². The molecule has 0 fully saturated rings. The summed E-state index contributed by atoms with van der Waals surface area (Å²) < 4.78 is 2.00. The number of hydrogen-bond donors (Lipinski definition) is 2. The minimum atomic E-state index is -0.229. The van der Waals surface area contributed by atoms with Crippen LogP contribution in [-0.4, -0.2) is 33.3 Å². The van der Waals surface area contributed by atoms with E-state index in [1.807, 2.05) is 16.4 Å².